The molecule has 12 heavy (non-hydrogen) atoms. The van der Waals surface area contributed by atoms with Crippen molar-refractivity contribution in [3.05, 3.63) is 12.8 Å². The standard InChI is InChI=1S/C9H15NO2/c1-2-10(7-9(11)12)8-5-3-4-6-8/h2,8H,1,3-7H2,(H,11,12). The Morgan fingerprint density at radius 3 is 2.58 bits per heavy atom. The van der Waals surface area contributed by atoms with E-state index in [9.17, 15) is 4.79 Å². The highest BCUT2D eigenvalue weighted by Crippen LogP contribution is 2.23. The molecule has 3 nitrogen and oxygen atoms in total. The van der Waals surface area contributed by atoms with E-state index >= 15 is 0 Å². The predicted molar refractivity (Wildman–Crippen MR) is 46.8 cm³/mol. The molecule has 0 atom stereocenters. The summed E-state index contributed by atoms with van der Waals surface area (Å²) in [5.41, 5.74) is 0. The molecule has 1 N–H and O–H groups in total. The Labute approximate surface area is 72.7 Å². The SMILES string of the molecule is C=CN(CC(=O)O)C1CCCC1. The summed E-state index contributed by atoms with van der Waals surface area (Å²) in [4.78, 5) is 12.3. The minimum absolute atomic E-state index is 0.0914. The van der Waals surface area contributed by atoms with Crippen molar-refractivity contribution in [2.24, 2.45) is 0 Å². The monoisotopic (exact) mass is 169 g/mol. The molecule has 0 aromatic carbocycles. The molecule has 1 rings (SSSR count). The second-order valence-corrected chi connectivity index (χ2v) is 3.19. The molecule has 1 aliphatic carbocycles. The van der Waals surface area contributed by atoms with Crippen molar-refractivity contribution >= 4 is 5.97 Å². The van der Waals surface area contributed by atoms with Gasteiger partial charge in [0.15, 0.2) is 0 Å². The largest absolute Gasteiger partial charge is 0.480 e. The van der Waals surface area contributed by atoms with Gasteiger partial charge in [0.25, 0.3) is 0 Å². The van der Waals surface area contributed by atoms with Crippen LogP contribution in [0, 0.1) is 0 Å². The van der Waals surface area contributed by atoms with Gasteiger partial charge in [0, 0.05) is 6.04 Å². The summed E-state index contributed by atoms with van der Waals surface area (Å²) in [6.45, 7) is 3.71. The van der Waals surface area contributed by atoms with Crippen LogP contribution in [-0.2, 0) is 4.79 Å². The zero-order valence-corrected chi connectivity index (χ0v) is 7.20. The summed E-state index contributed by atoms with van der Waals surface area (Å²) in [5.74, 6) is -0.776. The van der Waals surface area contributed by atoms with Crippen LogP contribution in [0.15, 0.2) is 12.8 Å². The van der Waals surface area contributed by atoms with Crippen LogP contribution < -0.4 is 0 Å². The van der Waals surface area contributed by atoms with E-state index in [4.69, 9.17) is 5.11 Å². The van der Waals surface area contributed by atoms with Crippen LogP contribution in [-0.4, -0.2) is 28.6 Å². The van der Waals surface area contributed by atoms with Crippen LogP contribution in [0.5, 0.6) is 0 Å². The highest BCUT2D eigenvalue weighted by molar-refractivity contribution is 5.69. The summed E-state index contributed by atoms with van der Waals surface area (Å²) in [7, 11) is 0. The van der Waals surface area contributed by atoms with Crippen molar-refractivity contribution in [1.29, 1.82) is 0 Å². The quantitative estimate of drug-likeness (QED) is 0.692. The third-order valence-corrected chi connectivity index (χ3v) is 2.35. The molecule has 0 spiro atoms. The van der Waals surface area contributed by atoms with Crippen molar-refractivity contribution in [2.75, 3.05) is 6.54 Å². The smallest absolute Gasteiger partial charge is 0.323 e. The molecule has 1 fully saturated rings. The number of hydrogen-bond donors (Lipinski definition) is 1. The minimum atomic E-state index is -0.776. The number of nitrogens with zero attached hydrogens (tertiary/aromatic N) is 1. The predicted octanol–water partition coefficient (Wildman–Crippen LogP) is 1.46. The molecule has 1 saturated carbocycles. The van der Waals surface area contributed by atoms with Crippen LogP contribution in [0.4, 0.5) is 0 Å². The van der Waals surface area contributed by atoms with Gasteiger partial charge >= 0.3 is 5.97 Å². The van der Waals surface area contributed by atoms with Gasteiger partial charge in [-0.2, -0.15) is 0 Å². The lowest BCUT2D eigenvalue weighted by molar-refractivity contribution is -0.138. The number of aliphatic carboxylic acids is 1. The molecular formula is C9H15NO2. The Bertz CT molecular complexity index is 173. The molecule has 0 heterocycles. The minimum Gasteiger partial charge on any atom is -0.480 e. The van der Waals surface area contributed by atoms with Gasteiger partial charge in [-0.3, -0.25) is 4.79 Å². The summed E-state index contributed by atoms with van der Waals surface area (Å²) in [5, 5.41) is 8.59. The molecule has 0 aromatic heterocycles. The average molecular weight is 169 g/mol. The molecule has 0 amide bonds. The first-order valence-corrected chi connectivity index (χ1v) is 4.34. The molecule has 3 heteroatoms. The van der Waals surface area contributed by atoms with E-state index in [0.717, 1.165) is 12.8 Å². The van der Waals surface area contributed by atoms with Crippen molar-refractivity contribution in [2.45, 2.75) is 31.7 Å². The maximum atomic E-state index is 10.4. The second-order valence-electron chi connectivity index (χ2n) is 3.19. The van der Waals surface area contributed by atoms with E-state index in [0.29, 0.717) is 6.04 Å². The van der Waals surface area contributed by atoms with E-state index in [2.05, 4.69) is 6.58 Å². The Kier molecular flexibility index (Phi) is 3.14. The summed E-state index contributed by atoms with van der Waals surface area (Å²) in [6.07, 6.45) is 6.30. The molecule has 0 unspecified atom stereocenters. The lowest BCUT2D eigenvalue weighted by atomic mass is 10.2. The van der Waals surface area contributed by atoms with E-state index < -0.39 is 5.97 Å². The Morgan fingerprint density at radius 2 is 2.17 bits per heavy atom. The highest BCUT2D eigenvalue weighted by Gasteiger charge is 2.20. The molecule has 0 aliphatic heterocycles. The third kappa shape index (κ3) is 2.26. The average Bonchev–Trinajstić information content (AvgIpc) is 2.51. The van der Waals surface area contributed by atoms with Crippen molar-refractivity contribution in [3.63, 3.8) is 0 Å². The van der Waals surface area contributed by atoms with Gasteiger partial charge in [0.05, 0.1) is 0 Å². The van der Waals surface area contributed by atoms with Crippen LogP contribution in [0.2, 0.25) is 0 Å². The Morgan fingerprint density at radius 1 is 1.58 bits per heavy atom. The molecule has 0 bridgehead atoms. The van der Waals surface area contributed by atoms with Gasteiger partial charge in [-0.05, 0) is 19.0 Å². The number of hydrogen-bond acceptors (Lipinski definition) is 2. The fourth-order valence-electron chi connectivity index (χ4n) is 1.73. The zero-order chi connectivity index (χ0) is 8.97. The van der Waals surface area contributed by atoms with E-state index in [-0.39, 0.29) is 6.54 Å². The molecule has 0 aromatic rings. The van der Waals surface area contributed by atoms with Gasteiger partial charge in [0.1, 0.15) is 6.54 Å². The topological polar surface area (TPSA) is 40.5 Å². The van der Waals surface area contributed by atoms with Crippen molar-refractivity contribution < 1.29 is 9.90 Å². The van der Waals surface area contributed by atoms with Gasteiger partial charge in [-0.15, -0.1) is 0 Å². The highest BCUT2D eigenvalue weighted by atomic mass is 16.4. The van der Waals surface area contributed by atoms with Gasteiger partial charge in [-0.25, -0.2) is 0 Å². The third-order valence-electron chi connectivity index (χ3n) is 2.35. The molecule has 1 aliphatic rings. The first-order valence-electron chi connectivity index (χ1n) is 4.34. The summed E-state index contributed by atoms with van der Waals surface area (Å²) >= 11 is 0. The number of rotatable bonds is 4. The Hall–Kier alpha value is -0.990. The lowest BCUT2D eigenvalue weighted by Gasteiger charge is -2.24. The zero-order valence-electron chi connectivity index (χ0n) is 7.20. The molecular weight excluding hydrogens is 154 g/mol. The number of carbonyl (C=O) groups is 1. The summed E-state index contributed by atoms with van der Waals surface area (Å²) in [6, 6.07) is 0.415. The number of carboxylic acids is 1. The molecule has 0 saturated heterocycles. The second kappa shape index (κ2) is 4.14. The normalized spacial score (nSPS) is 17.7. The first-order chi connectivity index (χ1) is 5.74. The van der Waals surface area contributed by atoms with Crippen LogP contribution in [0.1, 0.15) is 25.7 Å². The molecule has 68 valence electrons. The van der Waals surface area contributed by atoms with E-state index in [1.54, 1.807) is 6.20 Å². The Balaban J connectivity index is 2.42. The fourth-order valence-corrected chi connectivity index (χ4v) is 1.73. The van der Waals surface area contributed by atoms with E-state index in [1.807, 2.05) is 4.90 Å². The maximum Gasteiger partial charge on any atom is 0.323 e. The van der Waals surface area contributed by atoms with Gasteiger partial charge in [-0.1, -0.05) is 19.4 Å². The van der Waals surface area contributed by atoms with Gasteiger partial charge in [0.2, 0.25) is 0 Å². The maximum absolute atomic E-state index is 10.4. The van der Waals surface area contributed by atoms with Crippen molar-refractivity contribution in [1.82, 2.24) is 4.90 Å². The van der Waals surface area contributed by atoms with Gasteiger partial charge < -0.3 is 10.0 Å². The van der Waals surface area contributed by atoms with Crippen molar-refractivity contribution in [3.8, 4) is 0 Å². The first kappa shape index (κ1) is 9.10. The van der Waals surface area contributed by atoms with Crippen LogP contribution in [0.3, 0.4) is 0 Å². The van der Waals surface area contributed by atoms with Crippen LogP contribution in [0.25, 0.3) is 0 Å². The number of carboxylic acid groups (broad SMARTS) is 1. The van der Waals surface area contributed by atoms with Crippen LogP contribution >= 0.6 is 0 Å². The van der Waals surface area contributed by atoms with E-state index in [1.165, 1.54) is 12.8 Å². The fraction of sp³-hybridized carbons (Fsp3) is 0.667. The lowest BCUT2D eigenvalue weighted by Crippen LogP contribution is -2.32. The summed E-state index contributed by atoms with van der Waals surface area (Å²) < 4.78 is 0. The molecule has 0 radical (unpaired) electrons.